The first-order chi connectivity index (χ1) is 11.2. The summed E-state index contributed by atoms with van der Waals surface area (Å²) in [5.74, 6) is -1.13. The third-order valence-corrected chi connectivity index (χ3v) is 4.46. The number of hydrogen-bond donors (Lipinski definition) is 0. The van der Waals surface area contributed by atoms with Gasteiger partial charge in [0.25, 0.3) is 0 Å². The van der Waals surface area contributed by atoms with Gasteiger partial charge in [0.2, 0.25) is 11.7 Å². The van der Waals surface area contributed by atoms with Crippen LogP contribution in [0.4, 0.5) is 13.2 Å². The van der Waals surface area contributed by atoms with Crippen LogP contribution >= 0.6 is 15.9 Å². The zero-order valence-corrected chi connectivity index (χ0v) is 14.4. The number of alkyl halides is 3. The van der Waals surface area contributed by atoms with Crippen molar-refractivity contribution in [3.8, 4) is 0 Å². The molecule has 2 aromatic heterocycles. The highest BCUT2D eigenvalue weighted by Gasteiger charge is 2.42. The molecular formula is C13H14BrF3N6O. The van der Waals surface area contributed by atoms with Gasteiger partial charge in [0.05, 0.1) is 16.7 Å². The molecule has 0 bridgehead atoms. The van der Waals surface area contributed by atoms with E-state index in [0.29, 0.717) is 0 Å². The minimum Gasteiger partial charge on any atom is -0.329 e. The molecule has 3 heterocycles. The Balaban J connectivity index is 1.85. The molecular weight excluding hydrogens is 393 g/mol. The zero-order valence-electron chi connectivity index (χ0n) is 12.8. The van der Waals surface area contributed by atoms with Gasteiger partial charge in [-0.05, 0) is 29.8 Å². The van der Waals surface area contributed by atoms with E-state index < -0.39 is 24.1 Å². The fraction of sp³-hybridized carbons (Fsp3) is 0.538. The minimum atomic E-state index is -4.56. The molecule has 1 aliphatic heterocycles. The summed E-state index contributed by atoms with van der Waals surface area (Å²) in [5, 5.41) is 11.0. The second-order valence-corrected chi connectivity index (χ2v) is 6.47. The van der Waals surface area contributed by atoms with Crippen molar-refractivity contribution < 1.29 is 18.0 Å². The van der Waals surface area contributed by atoms with Crippen LogP contribution in [0.15, 0.2) is 16.9 Å². The van der Waals surface area contributed by atoms with Crippen LogP contribution in [0.3, 0.4) is 0 Å². The highest BCUT2D eigenvalue weighted by molar-refractivity contribution is 9.10. The van der Waals surface area contributed by atoms with Crippen molar-refractivity contribution in [1.82, 2.24) is 29.4 Å². The average molecular weight is 407 g/mol. The highest BCUT2D eigenvalue weighted by atomic mass is 79.9. The number of rotatable bonds is 2. The van der Waals surface area contributed by atoms with Crippen LogP contribution < -0.4 is 0 Å². The lowest BCUT2D eigenvalue weighted by atomic mass is 10.1. The first kappa shape index (κ1) is 16.9. The van der Waals surface area contributed by atoms with Gasteiger partial charge in [0.15, 0.2) is 5.82 Å². The maximum atomic E-state index is 12.9. The van der Waals surface area contributed by atoms with E-state index in [4.69, 9.17) is 0 Å². The van der Waals surface area contributed by atoms with E-state index in [-0.39, 0.29) is 24.8 Å². The lowest BCUT2D eigenvalue weighted by Crippen LogP contribution is -2.44. The summed E-state index contributed by atoms with van der Waals surface area (Å²) in [6.45, 7) is 3.49. The number of halogens is 4. The van der Waals surface area contributed by atoms with Gasteiger partial charge in [-0.25, -0.2) is 0 Å². The van der Waals surface area contributed by atoms with Crippen molar-refractivity contribution in [1.29, 1.82) is 0 Å². The number of nitrogens with zero attached hydrogens (tertiary/aromatic N) is 6. The molecule has 11 heteroatoms. The van der Waals surface area contributed by atoms with Gasteiger partial charge in [0.1, 0.15) is 6.04 Å². The number of aromatic nitrogens is 5. The van der Waals surface area contributed by atoms with E-state index in [2.05, 4.69) is 31.2 Å². The molecule has 24 heavy (non-hydrogen) atoms. The predicted octanol–water partition coefficient (Wildman–Crippen LogP) is 2.42. The summed E-state index contributed by atoms with van der Waals surface area (Å²) >= 11 is 3.26. The lowest BCUT2D eigenvalue weighted by Gasteiger charge is -2.35. The van der Waals surface area contributed by atoms with Crippen molar-refractivity contribution in [2.75, 3.05) is 6.54 Å². The molecule has 0 spiro atoms. The van der Waals surface area contributed by atoms with E-state index in [1.807, 2.05) is 0 Å². The van der Waals surface area contributed by atoms with Crippen molar-refractivity contribution in [3.63, 3.8) is 0 Å². The Hall–Kier alpha value is -1.91. The SMILES string of the molecule is CC1c2nnc(C(F)(F)F)n2CCN1C(=O)C(C)n1cc(Br)cn1. The van der Waals surface area contributed by atoms with Gasteiger partial charge >= 0.3 is 6.18 Å². The maximum Gasteiger partial charge on any atom is 0.451 e. The van der Waals surface area contributed by atoms with Gasteiger partial charge in [-0.1, -0.05) is 0 Å². The quantitative estimate of drug-likeness (QED) is 0.767. The Labute approximate surface area is 143 Å². The number of carbonyl (C=O) groups excluding carboxylic acids is 1. The summed E-state index contributed by atoms with van der Waals surface area (Å²) in [7, 11) is 0. The second-order valence-electron chi connectivity index (χ2n) is 5.55. The predicted molar refractivity (Wildman–Crippen MR) is 79.8 cm³/mol. The van der Waals surface area contributed by atoms with E-state index in [0.717, 1.165) is 9.04 Å². The van der Waals surface area contributed by atoms with Crippen LogP contribution in [-0.2, 0) is 17.5 Å². The Morgan fingerprint density at radius 1 is 1.38 bits per heavy atom. The molecule has 0 fully saturated rings. The van der Waals surface area contributed by atoms with Gasteiger partial charge < -0.3 is 9.47 Å². The topological polar surface area (TPSA) is 68.8 Å². The number of carbonyl (C=O) groups is 1. The number of fused-ring (bicyclic) bond motifs is 1. The van der Waals surface area contributed by atoms with Gasteiger partial charge in [-0.3, -0.25) is 9.48 Å². The molecule has 0 aromatic carbocycles. The smallest absolute Gasteiger partial charge is 0.329 e. The Morgan fingerprint density at radius 2 is 2.08 bits per heavy atom. The lowest BCUT2D eigenvalue weighted by molar-refractivity contribution is -0.148. The van der Waals surface area contributed by atoms with Crippen molar-refractivity contribution >= 4 is 21.8 Å². The fourth-order valence-corrected chi connectivity index (χ4v) is 3.08. The Morgan fingerprint density at radius 3 is 2.67 bits per heavy atom. The third kappa shape index (κ3) is 2.80. The van der Waals surface area contributed by atoms with Gasteiger partial charge in [-0.2, -0.15) is 18.3 Å². The van der Waals surface area contributed by atoms with E-state index in [9.17, 15) is 18.0 Å². The molecule has 2 aromatic rings. The molecule has 2 atom stereocenters. The molecule has 0 radical (unpaired) electrons. The molecule has 0 aliphatic carbocycles. The van der Waals surface area contributed by atoms with Crippen molar-refractivity contribution in [2.45, 2.75) is 38.7 Å². The Kier molecular flexibility index (Phi) is 4.14. The normalized spacial score (nSPS) is 19.2. The largest absolute Gasteiger partial charge is 0.451 e. The summed E-state index contributed by atoms with van der Waals surface area (Å²) < 4.78 is 42.0. The molecule has 7 nitrogen and oxygen atoms in total. The van der Waals surface area contributed by atoms with Crippen LogP contribution in [0.2, 0.25) is 0 Å². The summed E-state index contributed by atoms with van der Waals surface area (Å²) in [6, 6.07) is -1.17. The summed E-state index contributed by atoms with van der Waals surface area (Å²) in [5.41, 5.74) is 0. The van der Waals surface area contributed by atoms with Crippen LogP contribution in [0, 0.1) is 0 Å². The van der Waals surface area contributed by atoms with Crippen LogP contribution in [0.25, 0.3) is 0 Å². The third-order valence-electron chi connectivity index (χ3n) is 4.05. The van der Waals surface area contributed by atoms with E-state index in [1.165, 1.54) is 9.58 Å². The fourth-order valence-electron chi connectivity index (χ4n) is 2.78. The Bertz CT molecular complexity index is 770. The average Bonchev–Trinajstić information content (AvgIpc) is 3.12. The second kappa shape index (κ2) is 5.87. The number of hydrogen-bond acceptors (Lipinski definition) is 4. The molecule has 0 N–H and O–H groups in total. The van der Waals surface area contributed by atoms with Crippen LogP contribution in [-0.4, -0.2) is 41.9 Å². The van der Waals surface area contributed by atoms with Crippen LogP contribution in [0.1, 0.15) is 37.6 Å². The van der Waals surface area contributed by atoms with Crippen LogP contribution in [0.5, 0.6) is 0 Å². The van der Waals surface area contributed by atoms with Crippen molar-refractivity contribution in [2.24, 2.45) is 0 Å². The maximum absolute atomic E-state index is 12.9. The first-order valence-electron chi connectivity index (χ1n) is 7.20. The standard InChI is InChI=1S/C13H14BrF3N6O/c1-7-10-19-20-12(13(15,16)17)22(10)4-3-21(7)11(24)8(2)23-6-9(14)5-18-23/h5-8H,3-4H2,1-2H3. The first-order valence-corrected chi connectivity index (χ1v) is 8.00. The molecule has 1 amide bonds. The summed E-state index contributed by atoms with van der Waals surface area (Å²) in [6.07, 6.45) is -1.33. The molecule has 2 unspecified atom stereocenters. The van der Waals surface area contributed by atoms with Crippen molar-refractivity contribution in [3.05, 3.63) is 28.5 Å². The van der Waals surface area contributed by atoms with E-state index >= 15 is 0 Å². The highest BCUT2D eigenvalue weighted by Crippen LogP contribution is 2.33. The molecule has 0 saturated carbocycles. The minimum absolute atomic E-state index is 0.00276. The molecule has 0 saturated heterocycles. The van der Waals surface area contributed by atoms with Gasteiger partial charge in [-0.15, -0.1) is 10.2 Å². The molecule has 3 rings (SSSR count). The molecule has 130 valence electrons. The van der Waals surface area contributed by atoms with Gasteiger partial charge in [0, 0.05) is 19.3 Å². The number of amides is 1. The monoisotopic (exact) mass is 406 g/mol. The summed E-state index contributed by atoms with van der Waals surface area (Å²) in [4.78, 5) is 14.2. The zero-order chi connectivity index (χ0) is 17.6. The molecule has 1 aliphatic rings. The van der Waals surface area contributed by atoms with E-state index in [1.54, 1.807) is 26.2 Å².